The third kappa shape index (κ3) is 8.88. The summed E-state index contributed by atoms with van der Waals surface area (Å²) in [4.78, 5) is 32.1. The number of aryl methyl sites for hydroxylation is 4. The van der Waals surface area contributed by atoms with Crippen molar-refractivity contribution >= 4 is 17.7 Å². The molecule has 4 rings (SSSR count). The lowest BCUT2D eigenvalue weighted by atomic mass is 10.00. The number of rotatable bonds is 15. The van der Waals surface area contributed by atoms with E-state index in [4.69, 9.17) is 4.98 Å². The number of anilines is 1. The van der Waals surface area contributed by atoms with Gasteiger partial charge in [0, 0.05) is 31.0 Å². The van der Waals surface area contributed by atoms with E-state index in [0.29, 0.717) is 13.0 Å². The average Bonchev–Trinajstić information content (AvgIpc) is 3.31. The van der Waals surface area contributed by atoms with Crippen LogP contribution in [0, 0.1) is 13.8 Å². The Hall–Kier alpha value is -3.72. The lowest BCUT2D eigenvalue weighted by Crippen LogP contribution is -2.45. The molecule has 0 bridgehead atoms. The minimum absolute atomic E-state index is 0.273. The van der Waals surface area contributed by atoms with Crippen LogP contribution in [0.1, 0.15) is 66.7 Å². The number of carbonyl (C=O) groups is 2. The van der Waals surface area contributed by atoms with Crippen LogP contribution in [0.5, 0.6) is 0 Å². The van der Waals surface area contributed by atoms with E-state index in [1.165, 1.54) is 5.56 Å². The molecule has 3 aromatic rings. The summed E-state index contributed by atoms with van der Waals surface area (Å²) in [6.07, 6.45) is 5.44. The summed E-state index contributed by atoms with van der Waals surface area (Å²) in [5, 5.41) is 20.7. The number of nitrogens with one attached hydrogen (secondary N) is 2. The van der Waals surface area contributed by atoms with Crippen molar-refractivity contribution in [1.29, 1.82) is 0 Å². The molecule has 0 radical (unpaired) electrons. The second-order valence-corrected chi connectivity index (χ2v) is 11.1. The third-order valence-corrected chi connectivity index (χ3v) is 7.88. The zero-order valence-electron chi connectivity index (χ0n) is 24.6. The zero-order chi connectivity index (χ0) is 29.2. The van der Waals surface area contributed by atoms with E-state index in [9.17, 15) is 14.7 Å². The molecule has 41 heavy (non-hydrogen) atoms. The number of pyridine rings is 1. The average molecular weight is 561 g/mol. The number of carboxylic acid groups (broad SMARTS) is 1. The van der Waals surface area contributed by atoms with Gasteiger partial charge in [0.25, 0.3) is 0 Å². The molecule has 1 aromatic carbocycles. The van der Waals surface area contributed by atoms with E-state index >= 15 is 0 Å². The van der Waals surface area contributed by atoms with Crippen LogP contribution in [-0.2, 0) is 29.0 Å². The second kappa shape index (κ2) is 14.8. The minimum Gasteiger partial charge on any atom is -0.480 e. The third-order valence-electron chi connectivity index (χ3n) is 7.88. The van der Waals surface area contributed by atoms with Gasteiger partial charge in [-0.15, -0.1) is 0 Å². The van der Waals surface area contributed by atoms with Crippen LogP contribution >= 0.6 is 0 Å². The second-order valence-electron chi connectivity index (χ2n) is 11.1. The molecule has 1 aliphatic heterocycles. The first kappa shape index (κ1) is 30.2. The van der Waals surface area contributed by atoms with Crippen molar-refractivity contribution in [1.82, 2.24) is 25.0 Å². The van der Waals surface area contributed by atoms with Crippen molar-refractivity contribution in [3.63, 3.8) is 0 Å². The molecule has 0 saturated carbocycles. The first-order valence-electron chi connectivity index (χ1n) is 14.8. The highest BCUT2D eigenvalue weighted by molar-refractivity contribution is 5.87. The summed E-state index contributed by atoms with van der Waals surface area (Å²) in [6, 6.07) is 14.9. The van der Waals surface area contributed by atoms with Gasteiger partial charge in [0.1, 0.15) is 11.9 Å². The number of amides is 1. The van der Waals surface area contributed by atoms with Crippen molar-refractivity contribution in [2.75, 3.05) is 31.5 Å². The monoisotopic (exact) mass is 560 g/mol. The lowest BCUT2D eigenvalue weighted by Gasteiger charge is -2.25. The van der Waals surface area contributed by atoms with Gasteiger partial charge in [-0.1, -0.05) is 36.4 Å². The van der Waals surface area contributed by atoms with Crippen LogP contribution in [0.4, 0.5) is 5.82 Å². The zero-order valence-corrected chi connectivity index (χ0v) is 24.6. The first-order valence-corrected chi connectivity index (χ1v) is 14.8. The normalized spacial score (nSPS) is 14.2. The van der Waals surface area contributed by atoms with E-state index in [-0.39, 0.29) is 5.91 Å². The van der Waals surface area contributed by atoms with Crippen molar-refractivity contribution in [2.24, 2.45) is 0 Å². The van der Waals surface area contributed by atoms with E-state index < -0.39 is 17.9 Å². The van der Waals surface area contributed by atoms with Gasteiger partial charge in [-0.3, -0.25) is 9.48 Å². The molecule has 3 N–H and O–H groups in total. The Bertz CT molecular complexity index is 1290. The molecule has 0 aliphatic carbocycles. The quantitative estimate of drug-likeness (QED) is 0.237. The summed E-state index contributed by atoms with van der Waals surface area (Å²) < 4.78 is 2.00. The Morgan fingerprint density at radius 3 is 2.63 bits per heavy atom. The molecule has 2 aromatic heterocycles. The molecule has 9 nitrogen and oxygen atoms in total. The Kier molecular flexibility index (Phi) is 10.9. The van der Waals surface area contributed by atoms with Gasteiger partial charge >= 0.3 is 5.97 Å². The minimum atomic E-state index is -1.01. The van der Waals surface area contributed by atoms with Crippen LogP contribution < -0.4 is 10.6 Å². The number of aromatic nitrogens is 3. The van der Waals surface area contributed by atoms with Crippen LogP contribution in [0.2, 0.25) is 0 Å². The Balaban J connectivity index is 1.32. The number of unbranched alkanes of at least 4 members (excludes halogenated alkanes) is 1. The maximum atomic E-state index is 12.9. The molecule has 1 unspecified atom stereocenters. The van der Waals surface area contributed by atoms with E-state index in [1.807, 2.05) is 41.9 Å². The van der Waals surface area contributed by atoms with Crippen LogP contribution in [0.25, 0.3) is 0 Å². The predicted octanol–water partition coefficient (Wildman–Crippen LogP) is 4.34. The SMILES string of the molecule is Cc1cc(C)n(CCN(CCCCc2ccc3c(n2)NCCC3)CCC(NC(=O)[C@@H](C)c2ccccc2)C(=O)O)n1. The standard InChI is InChI=1S/C32H44N6O3/c1-23-22-24(2)38(36-23)21-20-37(18-8-7-13-28-15-14-27-12-9-17-33-30(27)34-28)19-16-29(32(40)41)35-31(39)25(3)26-10-5-4-6-11-26/h4-6,10-11,14-15,22,25,29H,7-9,12-13,16-21H2,1-3H3,(H,33,34)(H,35,39)(H,40,41)/t25-,29?/m0/s1. The molecular weight excluding hydrogens is 516 g/mol. The highest BCUT2D eigenvalue weighted by Gasteiger charge is 2.24. The summed E-state index contributed by atoms with van der Waals surface area (Å²) in [6.45, 7) is 9.71. The molecule has 220 valence electrons. The molecular formula is C32H44N6O3. The number of carboxylic acids is 1. The Labute approximate surface area is 243 Å². The van der Waals surface area contributed by atoms with E-state index in [1.54, 1.807) is 6.92 Å². The number of nitrogens with zero attached hydrogens (tertiary/aromatic N) is 4. The van der Waals surface area contributed by atoms with Crippen molar-refractivity contribution < 1.29 is 14.7 Å². The number of fused-ring (bicyclic) bond motifs is 1. The van der Waals surface area contributed by atoms with Crippen molar-refractivity contribution in [3.05, 3.63) is 76.7 Å². The summed E-state index contributed by atoms with van der Waals surface area (Å²) >= 11 is 0. The van der Waals surface area contributed by atoms with Gasteiger partial charge in [-0.05, 0) is 89.1 Å². The fourth-order valence-corrected chi connectivity index (χ4v) is 5.38. The molecule has 3 heterocycles. The van der Waals surface area contributed by atoms with Crippen LogP contribution in [-0.4, -0.2) is 68.9 Å². The van der Waals surface area contributed by atoms with Gasteiger partial charge in [0.05, 0.1) is 18.2 Å². The number of hydrogen-bond donors (Lipinski definition) is 3. The molecule has 0 spiro atoms. The van der Waals surface area contributed by atoms with Crippen molar-refractivity contribution in [2.45, 2.75) is 77.8 Å². The fourth-order valence-electron chi connectivity index (χ4n) is 5.38. The largest absolute Gasteiger partial charge is 0.480 e. The highest BCUT2D eigenvalue weighted by atomic mass is 16.4. The smallest absolute Gasteiger partial charge is 0.326 e. The topological polar surface area (TPSA) is 112 Å². The maximum Gasteiger partial charge on any atom is 0.326 e. The molecule has 1 amide bonds. The van der Waals surface area contributed by atoms with Crippen LogP contribution in [0.15, 0.2) is 48.5 Å². The molecule has 0 saturated heterocycles. The fraction of sp³-hybridized carbons (Fsp3) is 0.500. The lowest BCUT2D eigenvalue weighted by molar-refractivity contribution is -0.142. The maximum absolute atomic E-state index is 12.9. The Morgan fingerprint density at radius 1 is 1.10 bits per heavy atom. The van der Waals surface area contributed by atoms with Gasteiger partial charge in [0.15, 0.2) is 0 Å². The van der Waals surface area contributed by atoms with Gasteiger partial charge < -0.3 is 20.6 Å². The molecule has 9 heteroatoms. The number of hydrogen-bond acceptors (Lipinski definition) is 6. The first-order chi connectivity index (χ1) is 19.8. The number of aliphatic carboxylic acids is 1. The highest BCUT2D eigenvalue weighted by Crippen LogP contribution is 2.20. The van der Waals surface area contributed by atoms with E-state index in [0.717, 1.165) is 86.7 Å². The number of benzene rings is 1. The van der Waals surface area contributed by atoms with E-state index in [2.05, 4.69) is 45.8 Å². The van der Waals surface area contributed by atoms with Crippen LogP contribution in [0.3, 0.4) is 0 Å². The molecule has 0 fully saturated rings. The predicted molar refractivity (Wildman–Crippen MR) is 161 cm³/mol. The van der Waals surface area contributed by atoms with Gasteiger partial charge in [0.2, 0.25) is 5.91 Å². The number of carbonyl (C=O) groups excluding carboxylic acids is 1. The van der Waals surface area contributed by atoms with Crippen molar-refractivity contribution in [3.8, 4) is 0 Å². The summed E-state index contributed by atoms with van der Waals surface area (Å²) in [5.41, 5.74) is 5.37. The molecule has 1 aliphatic rings. The summed E-state index contributed by atoms with van der Waals surface area (Å²) in [7, 11) is 0. The van der Waals surface area contributed by atoms with Gasteiger partial charge in [-0.25, -0.2) is 9.78 Å². The van der Waals surface area contributed by atoms with Gasteiger partial charge in [-0.2, -0.15) is 5.10 Å². The molecule has 2 atom stereocenters. The summed E-state index contributed by atoms with van der Waals surface area (Å²) in [5.74, 6) is -0.676. The Morgan fingerprint density at radius 2 is 1.90 bits per heavy atom.